The first-order valence-electron chi connectivity index (χ1n) is 12.3. The Morgan fingerprint density at radius 3 is 2.51 bits per heavy atom. The minimum Gasteiger partial charge on any atom is -0.378 e. The summed E-state index contributed by atoms with van der Waals surface area (Å²) in [6, 6.07) is 10.4. The van der Waals surface area contributed by atoms with Crippen LogP contribution < -0.4 is 0 Å². The zero-order valence-corrected chi connectivity index (χ0v) is 20.4. The van der Waals surface area contributed by atoms with Gasteiger partial charge in [-0.05, 0) is 48.7 Å². The van der Waals surface area contributed by atoms with E-state index < -0.39 is 11.7 Å². The molecule has 2 unspecified atom stereocenters. The molecule has 0 radical (unpaired) electrons. The summed E-state index contributed by atoms with van der Waals surface area (Å²) in [5.74, 6) is -0.869. The van der Waals surface area contributed by atoms with Gasteiger partial charge in [-0.15, -0.1) is 0 Å². The van der Waals surface area contributed by atoms with Crippen LogP contribution in [0.25, 0.3) is 5.69 Å². The number of nitrogens with zero attached hydrogens (tertiary/aromatic N) is 4. The molecule has 0 bridgehead atoms. The number of carbonyl (C=O) groups is 1. The molecule has 10 heteroatoms. The summed E-state index contributed by atoms with van der Waals surface area (Å²) < 4.78 is 61.8. The van der Waals surface area contributed by atoms with Crippen molar-refractivity contribution in [1.29, 1.82) is 0 Å². The molecule has 1 aromatic heterocycles. The predicted octanol–water partition coefficient (Wildman–Crippen LogP) is 5.36. The molecule has 0 aliphatic carbocycles. The number of benzene rings is 2. The van der Waals surface area contributed by atoms with Crippen LogP contribution in [0, 0.1) is 12.7 Å². The summed E-state index contributed by atoms with van der Waals surface area (Å²) >= 11 is 0. The van der Waals surface area contributed by atoms with Crippen molar-refractivity contribution in [2.75, 3.05) is 39.4 Å². The predicted molar refractivity (Wildman–Crippen MR) is 129 cm³/mol. The topological polar surface area (TPSA) is 50.6 Å². The Hall–Kier alpha value is -3.40. The van der Waals surface area contributed by atoms with Crippen LogP contribution in [0.3, 0.4) is 0 Å². The Morgan fingerprint density at radius 1 is 1.03 bits per heavy atom. The molecule has 2 aliphatic rings. The minimum atomic E-state index is -4.46. The lowest BCUT2D eigenvalue weighted by Crippen LogP contribution is -2.52. The lowest BCUT2D eigenvalue weighted by atomic mass is 9.82. The highest BCUT2D eigenvalue weighted by atomic mass is 19.4. The number of hydrogen-bond acceptors (Lipinski definition) is 3. The van der Waals surface area contributed by atoms with Crippen molar-refractivity contribution >= 4 is 6.03 Å². The monoisotopic (exact) mass is 516 g/mol. The van der Waals surface area contributed by atoms with Crippen molar-refractivity contribution in [3.8, 4) is 5.69 Å². The Balaban J connectivity index is 1.46. The second-order valence-electron chi connectivity index (χ2n) is 9.67. The average molecular weight is 517 g/mol. The number of carbonyl (C=O) groups excluding carboxylic acids is 1. The fourth-order valence-electron chi connectivity index (χ4n) is 5.19. The zero-order valence-electron chi connectivity index (χ0n) is 20.4. The summed E-state index contributed by atoms with van der Waals surface area (Å²) in [7, 11) is 0. The molecule has 0 spiro atoms. The van der Waals surface area contributed by atoms with E-state index in [0.717, 1.165) is 0 Å². The van der Waals surface area contributed by atoms with E-state index in [1.165, 1.54) is 31.2 Å². The van der Waals surface area contributed by atoms with Gasteiger partial charge >= 0.3 is 12.2 Å². The summed E-state index contributed by atoms with van der Waals surface area (Å²) in [6.07, 6.45) is -0.528. The molecule has 2 aliphatic heterocycles. The summed E-state index contributed by atoms with van der Waals surface area (Å²) in [4.78, 5) is 21.4. The molecule has 6 nitrogen and oxygen atoms in total. The van der Waals surface area contributed by atoms with Crippen molar-refractivity contribution in [1.82, 2.24) is 19.4 Å². The van der Waals surface area contributed by atoms with Crippen LogP contribution in [0.2, 0.25) is 0 Å². The first-order chi connectivity index (χ1) is 17.7. The summed E-state index contributed by atoms with van der Waals surface area (Å²) in [5.41, 5.74) is 1.37. The highest BCUT2D eigenvalue weighted by Crippen LogP contribution is 2.39. The molecule has 2 amide bonds. The molecular formula is C27H28F4N4O2. The number of imidazole rings is 1. The Morgan fingerprint density at radius 2 is 1.78 bits per heavy atom. The Bertz CT molecular complexity index is 1270. The van der Waals surface area contributed by atoms with E-state index >= 15 is 0 Å². The van der Waals surface area contributed by atoms with E-state index in [4.69, 9.17) is 4.74 Å². The normalized spacial score (nSPS) is 20.8. The maximum absolute atomic E-state index is 13.7. The molecule has 0 saturated carbocycles. The Labute approximate surface area is 212 Å². The van der Waals surface area contributed by atoms with Gasteiger partial charge in [0.05, 0.1) is 30.8 Å². The average Bonchev–Trinajstić information content (AvgIpc) is 3.39. The van der Waals surface area contributed by atoms with E-state index in [2.05, 4.69) is 4.98 Å². The lowest BCUT2D eigenvalue weighted by Gasteiger charge is -2.41. The molecule has 196 valence electrons. The van der Waals surface area contributed by atoms with Crippen LogP contribution in [-0.4, -0.2) is 64.8 Å². The third-order valence-electron chi connectivity index (χ3n) is 7.17. The number of aryl methyl sites for hydroxylation is 1. The molecule has 2 aromatic carbocycles. The number of aromatic nitrogens is 2. The van der Waals surface area contributed by atoms with Gasteiger partial charge in [0.2, 0.25) is 0 Å². The summed E-state index contributed by atoms with van der Waals surface area (Å²) in [6.45, 7) is 4.02. The van der Waals surface area contributed by atoms with E-state index in [9.17, 15) is 22.4 Å². The first kappa shape index (κ1) is 25.3. The molecule has 3 aromatic rings. The van der Waals surface area contributed by atoms with E-state index in [0.29, 0.717) is 62.8 Å². The molecular weight excluding hydrogens is 488 g/mol. The standard InChI is InChI=1S/C27H28F4N4O2/c1-18-5-6-19(12-24(18)27(29,30)31)20-11-21(15-34(14-20)26(36)33-7-9-37-10-8-33)25-16-35(17-32-25)23-4-2-3-22(28)13-23/h2-6,12-13,16-17,20-21H,7-11,14-15H2,1H3. The minimum absolute atomic E-state index is 0.147. The van der Waals surface area contributed by atoms with Crippen molar-refractivity contribution in [3.63, 3.8) is 0 Å². The van der Waals surface area contributed by atoms with Crippen molar-refractivity contribution < 1.29 is 27.1 Å². The number of halogens is 4. The van der Waals surface area contributed by atoms with Gasteiger partial charge in [0.25, 0.3) is 0 Å². The van der Waals surface area contributed by atoms with E-state index in [1.54, 1.807) is 45.1 Å². The van der Waals surface area contributed by atoms with E-state index in [1.807, 2.05) is 0 Å². The number of urea groups is 1. The number of ether oxygens (including phenoxy) is 1. The van der Waals surface area contributed by atoms with Crippen LogP contribution in [0.5, 0.6) is 0 Å². The molecule has 37 heavy (non-hydrogen) atoms. The van der Waals surface area contributed by atoms with Crippen LogP contribution >= 0.6 is 0 Å². The largest absolute Gasteiger partial charge is 0.416 e. The number of piperidine rings is 1. The van der Waals surface area contributed by atoms with Crippen molar-refractivity contribution in [2.24, 2.45) is 0 Å². The van der Waals surface area contributed by atoms with Crippen LogP contribution in [0.1, 0.15) is 40.6 Å². The number of amides is 2. The van der Waals surface area contributed by atoms with Gasteiger partial charge in [0.1, 0.15) is 5.82 Å². The van der Waals surface area contributed by atoms with Gasteiger partial charge in [-0.25, -0.2) is 14.2 Å². The fraction of sp³-hybridized carbons (Fsp3) is 0.407. The molecule has 2 atom stereocenters. The van der Waals surface area contributed by atoms with Crippen LogP contribution in [0.4, 0.5) is 22.4 Å². The molecule has 2 fully saturated rings. The summed E-state index contributed by atoms with van der Waals surface area (Å²) in [5, 5.41) is 0. The molecule has 2 saturated heterocycles. The third-order valence-corrected chi connectivity index (χ3v) is 7.17. The first-order valence-corrected chi connectivity index (χ1v) is 12.3. The highest BCUT2D eigenvalue weighted by molar-refractivity contribution is 5.75. The third kappa shape index (κ3) is 5.49. The van der Waals surface area contributed by atoms with Gasteiger partial charge < -0.3 is 19.1 Å². The number of rotatable bonds is 3. The Kier molecular flexibility index (Phi) is 6.94. The molecule has 5 rings (SSSR count). The SMILES string of the molecule is Cc1ccc(C2CC(c3cn(-c4cccc(F)c4)cn3)CN(C(=O)N3CCOCC3)C2)cc1C(F)(F)F. The molecule has 0 N–H and O–H groups in total. The van der Waals surface area contributed by atoms with Crippen LogP contribution in [-0.2, 0) is 10.9 Å². The zero-order chi connectivity index (χ0) is 26.2. The second kappa shape index (κ2) is 10.2. The van der Waals surface area contributed by atoms with Gasteiger partial charge in [-0.3, -0.25) is 0 Å². The fourth-order valence-corrected chi connectivity index (χ4v) is 5.19. The number of morpholine rings is 1. The van der Waals surface area contributed by atoms with Gasteiger partial charge in [0, 0.05) is 49.9 Å². The van der Waals surface area contributed by atoms with Gasteiger partial charge in [-0.1, -0.05) is 18.2 Å². The number of likely N-dealkylation sites (tertiary alicyclic amines) is 1. The highest BCUT2D eigenvalue weighted by Gasteiger charge is 2.37. The maximum atomic E-state index is 13.7. The van der Waals surface area contributed by atoms with Crippen LogP contribution in [0.15, 0.2) is 55.0 Å². The second-order valence-corrected chi connectivity index (χ2v) is 9.67. The van der Waals surface area contributed by atoms with Gasteiger partial charge in [-0.2, -0.15) is 13.2 Å². The number of alkyl halides is 3. The molecule has 3 heterocycles. The quantitative estimate of drug-likeness (QED) is 0.441. The van der Waals surface area contributed by atoms with Crippen molar-refractivity contribution in [3.05, 3.63) is 83.2 Å². The van der Waals surface area contributed by atoms with Crippen molar-refractivity contribution in [2.45, 2.75) is 31.4 Å². The van der Waals surface area contributed by atoms with E-state index in [-0.39, 0.29) is 29.2 Å². The van der Waals surface area contributed by atoms with Gasteiger partial charge in [0.15, 0.2) is 0 Å². The number of hydrogen-bond donors (Lipinski definition) is 0. The smallest absolute Gasteiger partial charge is 0.378 e. The lowest BCUT2D eigenvalue weighted by molar-refractivity contribution is -0.138. The maximum Gasteiger partial charge on any atom is 0.416 e.